The zero-order valence-corrected chi connectivity index (χ0v) is 14.6. The molecule has 2 aromatic rings. The molecule has 0 aliphatic rings. The fourth-order valence-corrected chi connectivity index (χ4v) is 3.29. The van der Waals surface area contributed by atoms with Crippen molar-refractivity contribution in [2.75, 3.05) is 23.2 Å². The number of nitrogens with one attached hydrogen (secondary N) is 1. The van der Waals surface area contributed by atoms with E-state index in [1.165, 1.54) is 0 Å². The maximum absolute atomic E-state index is 12.4. The minimum atomic E-state index is -3.61. The second-order valence-corrected chi connectivity index (χ2v) is 7.28. The Labute approximate surface area is 138 Å². The zero-order chi connectivity index (χ0) is 16.9. The summed E-state index contributed by atoms with van der Waals surface area (Å²) in [6.45, 7) is 4.96. The summed E-state index contributed by atoms with van der Waals surface area (Å²) in [6.07, 6.45) is 3.92. The van der Waals surface area contributed by atoms with E-state index in [-0.39, 0.29) is 4.90 Å². The average molecular weight is 333 g/mol. The molecular formula is C17H23N3O2S. The van der Waals surface area contributed by atoms with Gasteiger partial charge in [0.25, 0.3) is 10.0 Å². The number of benzene rings is 1. The molecular weight excluding hydrogens is 310 g/mol. The quantitative estimate of drug-likeness (QED) is 0.843. The molecule has 0 atom stereocenters. The minimum Gasteiger partial charge on any atom is -0.373 e. The topological polar surface area (TPSA) is 62.3 Å². The number of rotatable bonds is 7. The summed E-state index contributed by atoms with van der Waals surface area (Å²) in [4.78, 5) is 6.55. The molecule has 124 valence electrons. The Kier molecular flexibility index (Phi) is 5.60. The number of anilines is 2. The number of hydrogen-bond acceptors (Lipinski definition) is 4. The SMILES string of the molecule is CCCCN(C)c1ccc(NS(=O)(=O)c2cccc(C)c2)nc1. The van der Waals surface area contributed by atoms with Gasteiger partial charge in [0.1, 0.15) is 5.82 Å². The molecule has 1 N–H and O–H groups in total. The molecule has 1 heterocycles. The predicted octanol–water partition coefficient (Wildman–Crippen LogP) is 3.43. The van der Waals surface area contributed by atoms with E-state index in [1.54, 1.807) is 30.5 Å². The molecule has 0 unspecified atom stereocenters. The summed E-state index contributed by atoms with van der Waals surface area (Å²) in [5.41, 5.74) is 1.87. The first-order valence-corrected chi connectivity index (χ1v) is 9.17. The third-order valence-corrected chi connectivity index (χ3v) is 4.93. The van der Waals surface area contributed by atoms with Crippen LogP contribution in [0.1, 0.15) is 25.3 Å². The fraction of sp³-hybridized carbons (Fsp3) is 0.353. The van der Waals surface area contributed by atoms with E-state index in [0.29, 0.717) is 5.82 Å². The Hall–Kier alpha value is -2.08. The van der Waals surface area contributed by atoms with Gasteiger partial charge in [-0.15, -0.1) is 0 Å². The van der Waals surface area contributed by atoms with Gasteiger partial charge in [0.15, 0.2) is 0 Å². The molecule has 6 heteroatoms. The highest BCUT2D eigenvalue weighted by Crippen LogP contribution is 2.18. The van der Waals surface area contributed by atoms with Crippen LogP contribution in [0.3, 0.4) is 0 Å². The summed E-state index contributed by atoms with van der Waals surface area (Å²) in [6, 6.07) is 10.3. The molecule has 0 saturated carbocycles. The Balaban J connectivity index is 2.11. The van der Waals surface area contributed by atoms with Gasteiger partial charge in [0.05, 0.1) is 16.8 Å². The number of nitrogens with zero attached hydrogens (tertiary/aromatic N) is 2. The fourth-order valence-electron chi connectivity index (χ4n) is 2.18. The van der Waals surface area contributed by atoms with E-state index in [0.717, 1.165) is 30.6 Å². The highest BCUT2D eigenvalue weighted by Gasteiger charge is 2.14. The largest absolute Gasteiger partial charge is 0.373 e. The average Bonchev–Trinajstić information content (AvgIpc) is 2.53. The van der Waals surface area contributed by atoms with Crippen molar-refractivity contribution < 1.29 is 8.42 Å². The van der Waals surface area contributed by atoms with Crippen LogP contribution in [-0.4, -0.2) is 27.0 Å². The number of hydrogen-bond donors (Lipinski definition) is 1. The van der Waals surface area contributed by atoms with Crippen LogP contribution in [0.2, 0.25) is 0 Å². The Morgan fingerprint density at radius 2 is 2.00 bits per heavy atom. The number of sulfonamides is 1. The Bertz CT molecular complexity index is 743. The lowest BCUT2D eigenvalue weighted by atomic mass is 10.2. The maximum atomic E-state index is 12.4. The third kappa shape index (κ3) is 4.69. The number of pyridine rings is 1. The van der Waals surface area contributed by atoms with E-state index in [9.17, 15) is 8.42 Å². The summed E-state index contributed by atoms with van der Waals surface area (Å²) in [7, 11) is -1.61. The number of aryl methyl sites for hydroxylation is 1. The zero-order valence-electron chi connectivity index (χ0n) is 13.8. The van der Waals surface area contributed by atoms with Crippen molar-refractivity contribution in [1.29, 1.82) is 0 Å². The molecule has 0 amide bonds. The van der Waals surface area contributed by atoms with Crippen molar-refractivity contribution in [2.45, 2.75) is 31.6 Å². The van der Waals surface area contributed by atoms with Crippen molar-refractivity contribution >= 4 is 21.5 Å². The molecule has 1 aromatic heterocycles. The molecule has 23 heavy (non-hydrogen) atoms. The molecule has 1 aromatic carbocycles. The molecule has 0 aliphatic heterocycles. The monoisotopic (exact) mass is 333 g/mol. The molecule has 0 radical (unpaired) electrons. The van der Waals surface area contributed by atoms with E-state index in [2.05, 4.69) is 21.5 Å². The summed E-state index contributed by atoms with van der Waals surface area (Å²) >= 11 is 0. The summed E-state index contributed by atoms with van der Waals surface area (Å²) in [5.74, 6) is 0.319. The summed E-state index contributed by atoms with van der Waals surface area (Å²) in [5, 5.41) is 0. The number of unbranched alkanes of at least 4 members (excludes halogenated alkanes) is 1. The molecule has 0 bridgehead atoms. The van der Waals surface area contributed by atoms with Crippen LogP contribution < -0.4 is 9.62 Å². The molecule has 0 saturated heterocycles. The van der Waals surface area contributed by atoms with Crippen molar-refractivity contribution in [3.8, 4) is 0 Å². The van der Waals surface area contributed by atoms with Gasteiger partial charge in [-0.25, -0.2) is 13.4 Å². The van der Waals surface area contributed by atoms with Gasteiger partial charge in [-0.1, -0.05) is 25.5 Å². The standard InChI is InChI=1S/C17H23N3O2S/c1-4-5-11-20(3)15-9-10-17(18-13-15)19-23(21,22)16-8-6-7-14(2)12-16/h6-10,12-13H,4-5,11H2,1-3H3,(H,18,19). The molecule has 0 aliphatic carbocycles. The normalized spacial score (nSPS) is 11.3. The second-order valence-electron chi connectivity index (χ2n) is 5.60. The third-order valence-electron chi connectivity index (χ3n) is 3.57. The predicted molar refractivity (Wildman–Crippen MR) is 94.4 cm³/mol. The van der Waals surface area contributed by atoms with Gasteiger partial charge >= 0.3 is 0 Å². The van der Waals surface area contributed by atoms with Crippen LogP contribution in [0, 0.1) is 6.92 Å². The Morgan fingerprint density at radius 1 is 1.22 bits per heavy atom. The first kappa shape index (κ1) is 17.3. The van der Waals surface area contributed by atoms with Crippen LogP contribution in [0.25, 0.3) is 0 Å². The highest BCUT2D eigenvalue weighted by atomic mass is 32.2. The van der Waals surface area contributed by atoms with Crippen molar-refractivity contribution in [3.63, 3.8) is 0 Å². The maximum Gasteiger partial charge on any atom is 0.263 e. The van der Waals surface area contributed by atoms with Crippen LogP contribution in [0.15, 0.2) is 47.5 Å². The lowest BCUT2D eigenvalue weighted by Gasteiger charge is -2.18. The lowest BCUT2D eigenvalue weighted by Crippen LogP contribution is -2.19. The van der Waals surface area contributed by atoms with E-state index in [1.807, 2.05) is 26.1 Å². The number of aromatic nitrogens is 1. The van der Waals surface area contributed by atoms with Crippen LogP contribution in [0.5, 0.6) is 0 Å². The van der Waals surface area contributed by atoms with Gasteiger partial charge in [-0.05, 0) is 43.2 Å². The first-order valence-electron chi connectivity index (χ1n) is 7.69. The van der Waals surface area contributed by atoms with Gasteiger partial charge < -0.3 is 4.90 Å². The molecule has 0 fully saturated rings. The van der Waals surface area contributed by atoms with Crippen LogP contribution in [-0.2, 0) is 10.0 Å². The molecule has 5 nitrogen and oxygen atoms in total. The smallest absolute Gasteiger partial charge is 0.263 e. The first-order chi connectivity index (χ1) is 10.9. The highest BCUT2D eigenvalue weighted by molar-refractivity contribution is 7.92. The van der Waals surface area contributed by atoms with Gasteiger partial charge in [0.2, 0.25) is 0 Å². The molecule has 2 rings (SSSR count). The van der Waals surface area contributed by atoms with Crippen molar-refractivity contribution in [2.24, 2.45) is 0 Å². The van der Waals surface area contributed by atoms with Gasteiger partial charge in [-0.2, -0.15) is 0 Å². The van der Waals surface area contributed by atoms with Crippen molar-refractivity contribution in [3.05, 3.63) is 48.2 Å². The molecule has 0 spiro atoms. The van der Waals surface area contributed by atoms with Crippen LogP contribution >= 0.6 is 0 Å². The van der Waals surface area contributed by atoms with Crippen molar-refractivity contribution in [1.82, 2.24) is 4.98 Å². The van der Waals surface area contributed by atoms with E-state index >= 15 is 0 Å². The van der Waals surface area contributed by atoms with Crippen LogP contribution in [0.4, 0.5) is 11.5 Å². The lowest BCUT2D eigenvalue weighted by molar-refractivity contribution is 0.601. The second kappa shape index (κ2) is 7.46. The summed E-state index contributed by atoms with van der Waals surface area (Å²) < 4.78 is 27.2. The van der Waals surface area contributed by atoms with E-state index in [4.69, 9.17) is 0 Å². The van der Waals surface area contributed by atoms with Gasteiger partial charge in [0, 0.05) is 13.6 Å². The minimum absolute atomic E-state index is 0.239. The van der Waals surface area contributed by atoms with E-state index < -0.39 is 10.0 Å². The Morgan fingerprint density at radius 3 is 2.61 bits per heavy atom. The van der Waals surface area contributed by atoms with Gasteiger partial charge in [-0.3, -0.25) is 4.72 Å².